The van der Waals surface area contributed by atoms with E-state index in [-0.39, 0.29) is 23.4 Å². The van der Waals surface area contributed by atoms with Crippen molar-refractivity contribution >= 4 is 16.6 Å². The van der Waals surface area contributed by atoms with Gasteiger partial charge in [0.2, 0.25) is 0 Å². The average molecular weight is 218 g/mol. The van der Waals surface area contributed by atoms with Gasteiger partial charge in [-0.3, -0.25) is 9.00 Å². The molecule has 0 aromatic rings. The van der Waals surface area contributed by atoms with Crippen molar-refractivity contribution < 1.29 is 13.7 Å². The van der Waals surface area contributed by atoms with Crippen molar-refractivity contribution in [2.45, 2.75) is 37.4 Å². The quantitative estimate of drug-likeness (QED) is 0.698. The summed E-state index contributed by atoms with van der Waals surface area (Å²) >= 11 is 0. The number of ketones is 1. The van der Waals surface area contributed by atoms with Crippen molar-refractivity contribution in [1.29, 1.82) is 0 Å². The van der Waals surface area contributed by atoms with Crippen LogP contribution in [0.1, 0.15) is 32.1 Å². The molecular weight excluding hydrogens is 200 g/mol. The Labute approximate surface area is 87.7 Å². The molecule has 0 saturated heterocycles. The molecule has 1 unspecified atom stereocenters. The molecular formula is C10H18O3S. The zero-order valence-electron chi connectivity index (χ0n) is 8.66. The normalized spacial score (nSPS) is 20.6. The van der Waals surface area contributed by atoms with Gasteiger partial charge in [-0.25, -0.2) is 0 Å². The molecule has 0 amide bonds. The topological polar surface area (TPSA) is 43.4 Å². The Kier molecular flexibility index (Phi) is 5.33. The van der Waals surface area contributed by atoms with E-state index in [1.165, 1.54) is 13.5 Å². The van der Waals surface area contributed by atoms with Gasteiger partial charge in [0.05, 0.1) is 5.75 Å². The first-order valence-corrected chi connectivity index (χ1v) is 6.50. The molecule has 0 heterocycles. The van der Waals surface area contributed by atoms with Crippen LogP contribution in [0.5, 0.6) is 0 Å². The van der Waals surface area contributed by atoms with Gasteiger partial charge < -0.3 is 4.74 Å². The van der Waals surface area contributed by atoms with Gasteiger partial charge in [-0.1, -0.05) is 19.3 Å². The zero-order valence-corrected chi connectivity index (χ0v) is 9.48. The van der Waals surface area contributed by atoms with Gasteiger partial charge in [-0.2, -0.15) is 0 Å². The molecule has 1 rings (SSSR count). The summed E-state index contributed by atoms with van der Waals surface area (Å²) in [5, 5.41) is 0.254. The first-order valence-electron chi connectivity index (χ1n) is 5.12. The molecule has 3 nitrogen and oxygen atoms in total. The van der Waals surface area contributed by atoms with Crippen LogP contribution in [0.3, 0.4) is 0 Å². The SMILES string of the molecule is COCC(=O)CS(=O)C1CCCCC1. The fourth-order valence-electron chi connectivity index (χ4n) is 1.81. The van der Waals surface area contributed by atoms with Crippen molar-refractivity contribution in [3.05, 3.63) is 0 Å². The van der Waals surface area contributed by atoms with E-state index in [0.717, 1.165) is 25.7 Å². The highest BCUT2D eigenvalue weighted by Gasteiger charge is 2.21. The Morgan fingerprint density at radius 2 is 2.00 bits per heavy atom. The number of hydrogen-bond acceptors (Lipinski definition) is 3. The first-order chi connectivity index (χ1) is 6.74. The molecule has 1 saturated carbocycles. The lowest BCUT2D eigenvalue weighted by Crippen LogP contribution is -2.26. The Bertz CT molecular complexity index is 209. The van der Waals surface area contributed by atoms with Crippen LogP contribution < -0.4 is 0 Å². The van der Waals surface area contributed by atoms with E-state index in [1.54, 1.807) is 0 Å². The summed E-state index contributed by atoms with van der Waals surface area (Å²) in [5.74, 6) is 0.134. The molecule has 0 bridgehead atoms. The molecule has 1 aliphatic carbocycles. The van der Waals surface area contributed by atoms with Crippen molar-refractivity contribution in [1.82, 2.24) is 0 Å². The van der Waals surface area contributed by atoms with E-state index in [0.29, 0.717) is 0 Å². The third-order valence-corrected chi connectivity index (χ3v) is 4.35. The van der Waals surface area contributed by atoms with Gasteiger partial charge in [-0.15, -0.1) is 0 Å². The molecule has 0 aromatic heterocycles. The molecule has 1 aliphatic rings. The van der Waals surface area contributed by atoms with Crippen LogP contribution in [0.2, 0.25) is 0 Å². The van der Waals surface area contributed by atoms with Gasteiger partial charge in [-0.05, 0) is 12.8 Å². The molecule has 1 atom stereocenters. The molecule has 14 heavy (non-hydrogen) atoms. The van der Waals surface area contributed by atoms with Gasteiger partial charge in [0, 0.05) is 23.2 Å². The van der Waals surface area contributed by atoms with Gasteiger partial charge in [0.1, 0.15) is 6.61 Å². The Morgan fingerprint density at radius 3 is 2.57 bits per heavy atom. The summed E-state index contributed by atoms with van der Waals surface area (Å²) in [6.45, 7) is 0.0957. The highest BCUT2D eigenvalue weighted by atomic mass is 32.2. The number of carbonyl (C=O) groups is 1. The number of Topliss-reactive ketones (excluding diaryl/α,β-unsaturated/α-hetero) is 1. The molecule has 4 heteroatoms. The van der Waals surface area contributed by atoms with E-state index in [2.05, 4.69) is 0 Å². The van der Waals surface area contributed by atoms with Crippen LogP contribution in [-0.2, 0) is 20.3 Å². The summed E-state index contributed by atoms with van der Waals surface area (Å²) in [4.78, 5) is 11.2. The molecule has 0 aliphatic heterocycles. The third kappa shape index (κ3) is 3.88. The third-order valence-electron chi connectivity index (χ3n) is 2.53. The van der Waals surface area contributed by atoms with E-state index >= 15 is 0 Å². The number of hydrogen-bond donors (Lipinski definition) is 0. The summed E-state index contributed by atoms with van der Waals surface area (Å²) in [6, 6.07) is 0. The monoisotopic (exact) mass is 218 g/mol. The summed E-state index contributed by atoms with van der Waals surface area (Å²) in [5.41, 5.74) is 0. The number of carbonyl (C=O) groups excluding carboxylic acids is 1. The van der Waals surface area contributed by atoms with Crippen molar-refractivity contribution in [2.75, 3.05) is 19.5 Å². The average Bonchev–Trinajstić information content (AvgIpc) is 2.19. The van der Waals surface area contributed by atoms with E-state index in [4.69, 9.17) is 4.74 Å². The standard InChI is InChI=1S/C10H18O3S/c1-13-7-9(11)8-14(12)10-5-3-2-4-6-10/h10H,2-8H2,1H3. The lowest BCUT2D eigenvalue weighted by molar-refractivity contribution is -0.120. The minimum atomic E-state index is -0.968. The molecule has 82 valence electrons. The van der Waals surface area contributed by atoms with Crippen LogP contribution in [0, 0.1) is 0 Å². The summed E-state index contributed by atoms with van der Waals surface area (Å²) in [7, 11) is 0.520. The Balaban J connectivity index is 2.29. The van der Waals surface area contributed by atoms with Crippen LogP contribution in [0.4, 0.5) is 0 Å². The van der Waals surface area contributed by atoms with Gasteiger partial charge >= 0.3 is 0 Å². The number of methoxy groups -OCH3 is 1. The maximum atomic E-state index is 11.7. The lowest BCUT2D eigenvalue weighted by atomic mass is 10.0. The van der Waals surface area contributed by atoms with E-state index in [9.17, 15) is 9.00 Å². The smallest absolute Gasteiger partial charge is 0.170 e. The second kappa shape index (κ2) is 6.30. The maximum absolute atomic E-state index is 11.7. The number of rotatable bonds is 5. The van der Waals surface area contributed by atoms with Gasteiger partial charge in [0.25, 0.3) is 0 Å². The molecule has 0 radical (unpaired) electrons. The second-order valence-corrected chi connectivity index (χ2v) is 5.47. The number of ether oxygens (including phenoxy) is 1. The fourth-order valence-corrected chi connectivity index (χ4v) is 3.30. The van der Waals surface area contributed by atoms with Crippen molar-refractivity contribution in [3.63, 3.8) is 0 Å². The Morgan fingerprint density at radius 1 is 1.36 bits per heavy atom. The minimum Gasteiger partial charge on any atom is -0.377 e. The van der Waals surface area contributed by atoms with Crippen LogP contribution >= 0.6 is 0 Å². The summed E-state index contributed by atoms with van der Waals surface area (Å²) < 4.78 is 16.4. The summed E-state index contributed by atoms with van der Waals surface area (Å²) in [6.07, 6.45) is 5.61. The van der Waals surface area contributed by atoms with Crippen molar-refractivity contribution in [2.24, 2.45) is 0 Å². The maximum Gasteiger partial charge on any atom is 0.170 e. The Hall–Kier alpha value is -0.220. The second-order valence-electron chi connectivity index (χ2n) is 3.76. The lowest BCUT2D eigenvalue weighted by Gasteiger charge is -2.20. The van der Waals surface area contributed by atoms with E-state index in [1.807, 2.05) is 0 Å². The first kappa shape index (κ1) is 11.9. The predicted molar refractivity (Wildman–Crippen MR) is 56.8 cm³/mol. The minimum absolute atomic E-state index is 0.0450. The highest BCUT2D eigenvalue weighted by molar-refractivity contribution is 7.86. The van der Waals surface area contributed by atoms with Crippen molar-refractivity contribution in [3.8, 4) is 0 Å². The molecule has 1 fully saturated rings. The van der Waals surface area contributed by atoms with Crippen LogP contribution in [0.25, 0.3) is 0 Å². The van der Waals surface area contributed by atoms with E-state index < -0.39 is 10.8 Å². The fraction of sp³-hybridized carbons (Fsp3) is 0.900. The predicted octanol–water partition coefficient (Wildman–Crippen LogP) is 1.28. The molecule has 0 aromatic carbocycles. The molecule has 0 N–H and O–H groups in total. The molecule has 0 spiro atoms. The highest BCUT2D eigenvalue weighted by Crippen LogP contribution is 2.22. The largest absolute Gasteiger partial charge is 0.377 e. The van der Waals surface area contributed by atoms with Crippen LogP contribution in [0.15, 0.2) is 0 Å². The zero-order chi connectivity index (χ0) is 10.4. The van der Waals surface area contributed by atoms with Gasteiger partial charge in [0.15, 0.2) is 5.78 Å². The van der Waals surface area contributed by atoms with Crippen LogP contribution in [-0.4, -0.2) is 34.7 Å².